The summed E-state index contributed by atoms with van der Waals surface area (Å²) in [5.41, 5.74) is 0. The zero-order valence-electron chi connectivity index (χ0n) is 14.3. The first-order valence-corrected chi connectivity index (χ1v) is 8.86. The van der Waals surface area contributed by atoms with E-state index in [2.05, 4.69) is 14.9 Å². The fraction of sp³-hybridized carbons (Fsp3) is 0.706. The Balaban J connectivity index is 1.46. The third kappa shape index (κ3) is 4.35. The maximum atomic E-state index is 12.3. The van der Waals surface area contributed by atoms with E-state index < -0.39 is 0 Å². The molecule has 0 aromatic carbocycles. The fourth-order valence-corrected chi connectivity index (χ4v) is 3.18. The van der Waals surface area contributed by atoms with E-state index in [0.717, 1.165) is 39.0 Å². The minimum Gasteiger partial charge on any atom is -0.478 e. The Hall–Kier alpha value is -1.89. The van der Waals surface area contributed by atoms with Crippen LogP contribution in [0.1, 0.15) is 32.6 Å². The lowest BCUT2D eigenvalue weighted by Crippen LogP contribution is -2.49. The molecule has 0 N–H and O–H groups in total. The van der Waals surface area contributed by atoms with E-state index in [4.69, 9.17) is 9.47 Å². The molecule has 0 saturated carbocycles. The summed E-state index contributed by atoms with van der Waals surface area (Å²) in [6.07, 6.45) is 5.64. The number of carbonyl (C=O) groups excluding carboxylic acids is 1. The van der Waals surface area contributed by atoms with Crippen LogP contribution in [0.5, 0.6) is 5.88 Å². The van der Waals surface area contributed by atoms with E-state index in [1.165, 1.54) is 0 Å². The van der Waals surface area contributed by atoms with E-state index in [-0.39, 0.29) is 12.0 Å². The molecule has 7 heteroatoms. The van der Waals surface area contributed by atoms with Crippen molar-refractivity contribution in [2.24, 2.45) is 0 Å². The molecule has 2 aliphatic heterocycles. The monoisotopic (exact) mass is 334 g/mol. The largest absolute Gasteiger partial charge is 0.478 e. The number of aromatic nitrogens is 2. The molecule has 1 aromatic rings. The zero-order chi connectivity index (χ0) is 16.8. The quantitative estimate of drug-likeness (QED) is 0.785. The van der Waals surface area contributed by atoms with E-state index in [1.807, 2.05) is 11.8 Å². The van der Waals surface area contributed by atoms with Gasteiger partial charge in [0, 0.05) is 51.5 Å². The summed E-state index contributed by atoms with van der Waals surface area (Å²) in [7, 11) is 0. The van der Waals surface area contributed by atoms with Gasteiger partial charge in [0.05, 0.1) is 12.7 Å². The van der Waals surface area contributed by atoms with Gasteiger partial charge in [-0.3, -0.25) is 4.79 Å². The molecule has 1 amide bonds. The highest BCUT2D eigenvalue weighted by molar-refractivity contribution is 5.76. The van der Waals surface area contributed by atoms with E-state index in [0.29, 0.717) is 37.9 Å². The van der Waals surface area contributed by atoms with E-state index in [9.17, 15) is 4.79 Å². The van der Waals surface area contributed by atoms with Crippen LogP contribution in [0.4, 0.5) is 5.95 Å². The van der Waals surface area contributed by atoms with Gasteiger partial charge in [0.25, 0.3) is 0 Å². The maximum absolute atomic E-state index is 12.3. The van der Waals surface area contributed by atoms with Gasteiger partial charge in [-0.15, -0.1) is 0 Å². The van der Waals surface area contributed by atoms with Crippen molar-refractivity contribution < 1.29 is 14.3 Å². The summed E-state index contributed by atoms with van der Waals surface area (Å²) < 4.78 is 11.0. The van der Waals surface area contributed by atoms with Gasteiger partial charge in [0.15, 0.2) is 0 Å². The highest BCUT2D eigenvalue weighted by atomic mass is 16.5. The predicted molar refractivity (Wildman–Crippen MR) is 90.2 cm³/mol. The normalized spacial score (nSPS) is 21.1. The number of rotatable bonds is 6. The number of piperazine rings is 1. The van der Waals surface area contributed by atoms with Crippen molar-refractivity contribution in [3.05, 3.63) is 12.3 Å². The molecule has 0 aliphatic carbocycles. The molecule has 2 fully saturated rings. The summed E-state index contributed by atoms with van der Waals surface area (Å²) in [6, 6.07) is 1.76. The Bertz CT molecular complexity index is 540. The second kappa shape index (κ2) is 8.28. The van der Waals surface area contributed by atoms with Crippen LogP contribution in [0.2, 0.25) is 0 Å². The Kier molecular flexibility index (Phi) is 5.85. The van der Waals surface area contributed by atoms with Crippen molar-refractivity contribution >= 4 is 11.9 Å². The van der Waals surface area contributed by atoms with Gasteiger partial charge in [-0.05, 0) is 26.2 Å². The SMILES string of the molecule is CCOc1ccnc(N2CCN(C(=O)CCC3CCCO3)CC2)n1. The third-order valence-corrected chi connectivity index (χ3v) is 4.53. The molecule has 24 heavy (non-hydrogen) atoms. The summed E-state index contributed by atoms with van der Waals surface area (Å²) in [5, 5.41) is 0. The number of carbonyl (C=O) groups is 1. The first-order chi connectivity index (χ1) is 11.8. The average Bonchev–Trinajstić information content (AvgIpc) is 3.14. The third-order valence-electron chi connectivity index (χ3n) is 4.53. The molecule has 0 radical (unpaired) electrons. The van der Waals surface area contributed by atoms with Gasteiger partial charge >= 0.3 is 0 Å². The van der Waals surface area contributed by atoms with E-state index >= 15 is 0 Å². The Morgan fingerprint density at radius 1 is 1.38 bits per heavy atom. The maximum Gasteiger partial charge on any atom is 0.228 e. The van der Waals surface area contributed by atoms with Gasteiger partial charge in [0.1, 0.15) is 0 Å². The number of hydrogen-bond donors (Lipinski definition) is 0. The molecule has 1 atom stereocenters. The number of hydrogen-bond acceptors (Lipinski definition) is 6. The molecular formula is C17H26N4O3. The zero-order valence-corrected chi connectivity index (χ0v) is 14.3. The highest BCUT2D eigenvalue weighted by Gasteiger charge is 2.24. The topological polar surface area (TPSA) is 67.8 Å². The number of nitrogens with zero attached hydrogens (tertiary/aromatic N) is 4. The van der Waals surface area contributed by atoms with Gasteiger partial charge in [-0.2, -0.15) is 4.98 Å². The summed E-state index contributed by atoms with van der Waals surface area (Å²) in [4.78, 5) is 25.1. The van der Waals surface area contributed by atoms with Crippen molar-refractivity contribution in [3.63, 3.8) is 0 Å². The molecule has 2 aliphatic rings. The van der Waals surface area contributed by atoms with Crippen LogP contribution in [0, 0.1) is 0 Å². The number of ether oxygens (including phenoxy) is 2. The van der Waals surface area contributed by atoms with Crippen molar-refractivity contribution in [3.8, 4) is 5.88 Å². The lowest BCUT2D eigenvalue weighted by atomic mass is 10.1. The minimum absolute atomic E-state index is 0.231. The Morgan fingerprint density at radius 2 is 2.21 bits per heavy atom. The molecule has 7 nitrogen and oxygen atoms in total. The molecule has 3 heterocycles. The highest BCUT2D eigenvalue weighted by Crippen LogP contribution is 2.19. The van der Waals surface area contributed by atoms with Crippen LogP contribution < -0.4 is 9.64 Å². The molecule has 3 rings (SSSR count). The van der Waals surface area contributed by atoms with Crippen molar-refractivity contribution in [1.82, 2.24) is 14.9 Å². The molecule has 132 valence electrons. The van der Waals surface area contributed by atoms with Crippen molar-refractivity contribution in [1.29, 1.82) is 0 Å². The van der Waals surface area contributed by atoms with Gasteiger partial charge in [0.2, 0.25) is 17.7 Å². The molecule has 0 spiro atoms. The van der Waals surface area contributed by atoms with Gasteiger partial charge in [-0.25, -0.2) is 4.98 Å². The molecule has 0 bridgehead atoms. The predicted octanol–water partition coefficient (Wildman–Crippen LogP) is 1.48. The second-order valence-electron chi connectivity index (χ2n) is 6.17. The molecular weight excluding hydrogens is 308 g/mol. The van der Waals surface area contributed by atoms with Crippen LogP contribution >= 0.6 is 0 Å². The van der Waals surface area contributed by atoms with Crippen LogP contribution in [-0.4, -0.2) is 66.3 Å². The standard InChI is InChI=1S/C17H26N4O3/c1-2-23-15-7-8-18-17(19-15)21-11-9-20(10-12-21)16(22)6-5-14-4-3-13-24-14/h7-8,14H,2-6,9-13H2,1H3. The van der Waals surface area contributed by atoms with Gasteiger partial charge < -0.3 is 19.3 Å². The number of amides is 1. The number of anilines is 1. The summed E-state index contributed by atoms with van der Waals surface area (Å²) in [5.74, 6) is 1.50. The smallest absolute Gasteiger partial charge is 0.228 e. The van der Waals surface area contributed by atoms with Crippen LogP contribution in [0.15, 0.2) is 12.3 Å². The Labute approximate surface area is 143 Å². The minimum atomic E-state index is 0.231. The van der Waals surface area contributed by atoms with Crippen LogP contribution in [0.3, 0.4) is 0 Å². The van der Waals surface area contributed by atoms with Crippen LogP contribution in [-0.2, 0) is 9.53 Å². The first-order valence-electron chi connectivity index (χ1n) is 8.86. The molecule has 1 unspecified atom stereocenters. The molecule has 1 aromatic heterocycles. The fourth-order valence-electron chi connectivity index (χ4n) is 3.18. The summed E-state index contributed by atoms with van der Waals surface area (Å²) >= 11 is 0. The van der Waals surface area contributed by atoms with E-state index in [1.54, 1.807) is 12.3 Å². The molecule has 2 saturated heterocycles. The summed E-state index contributed by atoms with van der Waals surface area (Å²) in [6.45, 7) is 6.30. The Morgan fingerprint density at radius 3 is 2.92 bits per heavy atom. The lowest BCUT2D eigenvalue weighted by molar-refractivity contribution is -0.132. The van der Waals surface area contributed by atoms with Crippen molar-refractivity contribution in [2.45, 2.75) is 38.7 Å². The van der Waals surface area contributed by atoms with Crippen LogP contribution in [0.25, 0.3) is 0 Å². The average molecular weight is 334 g/mol. The van der Waals surface area contributed by atoms with Gasteiger partial charge in [-0.1, -0.05) is 0 Å². The first kappa shape index (κ1) is 17.0. The lowest BCUT2D eigenvalue weighted by Gasteiger charge is -2.35. The van der Waals surface area contributed by atoms with Crippen molar-refractivity contribution in [2.75, 3.05) is 44.3 Å². The second-order valence-corrected chi connectivity index (χ2v) is 6.17.